The number of halogens is 4. The molecule has 0 aliphatic heterocycles. The molecule has 0 aromatic heterocycles. The van der Waals surface area contributed by atoms with Crippen LogP contribution in [0, 0.1) is 0 Å². The lowest BCUT2D eigenvalue weighted by molar-refractivity contribution is -0.174. The number of hydrogen-bond donors (Lipinski definition) is 1. The Labute approximate surface area is 94.5 Å². The van der Waals surface area contributed by atoms with Crippen molar-refractivity contribution in [2.24, 2.45) is 0 Å². The third kappa shape index (κ3) is 11.6. The maximum atomic E-state index is 11.6. The van der Waals surface area contributed by atoms with E-state index in [2.05, 4.69) is 26.0 Å². The second kappa shape index (κ2) is 7.05. The van der Waals surface area contributed by atoms with Crippen molar-refractivity contribution in [1.82, 2.24) is 5.32 Å². The fraction of sp³-hybridized carbons (Fsp3) is 0.875. The summed E-state index contributed by atoms with van der Waals surface area (Å²) in [6.07, 6.45) is -4.39. The van der Waals surface area contributed by atoms with E-state index >= 15 is 0 Å². The first-order valence-electron chi connectivity index (χ1n) is 4.36. The van der Waals surface area contributed by atoms with E-state index in [9.17, 15) is 18.0 Å². The Hall–Kier alpha value is -0.300. The number of carbonyl (C=O) groups excluding carboxylic acids is 1. The topological polar surface area (TPSA) is 38.3 Å². The molecule has 1 N–H and O–H groups in total. The third-order valence-electron chi connectivity index (χ3n) is 1.32. The van der Waals surface area contributed by atoms with Gasteiger partial charge in [0.1, 0.15) is 6.61 Å². The Kier molecular flexibility index (Phi) is 6.91. The molecule has 0 spiro atoms. The predicted molar refractivity (Wildman–Crippen MR) is 52.9 cm³/mol. The molecule has 0 fully saturated rings. The highest BCUT2D eigenvalue weighted by Gasteiger charge is 2.27. The van der Waals surface area contributed by atoms with Crippen LogP contribution in [0.4, 0.5) is 13.2 Å². The summed E-state index contributed by atoms with van der Waals surface area (Å²) in [5.74, 6) is -0.316. The highest BCUT2D eigenvalue weighted by molar-refractivity contribution is 9.09. The molecule has 1 unspecified atom stereocenters. The van der Waals surface area contributed by atoms with Crippen LogP contribution in [0.5, 0.6) is 0 Å². The molecule has 0 saturated carbocycles. The zero-order valence-corrected chi connectivity index (χ0v) is 9.82. The Morgan fingerprint density at radius 3 is 2.60 bits per heavy atom. The monoisotopic (exact) mass is 291 g/mol. The van der Waals surface area contributed by atoms with Crippen LogP contribution in [-0.2, 0) is 9.53 Å². The standard InChI is InChI=1S/C8H13BrF3NO2/c1-6(9)4-13-7(14)2-3-15-5-8(10,11)12/h6H,2-5H2,1H3,(H,13,14). The second-order valence-electron chi connectivity index (χ2n) is 3.00. The molecule has 0 bridgehead atoms. The SMILES string of the molecule is CC(Br)CNC(=O)CCOCC(F)(F)F. The maximum absolute atomic E-state index is 11.6. The molecular formula is C8H13BrF3NO2. The molecule has 0 saturated heterocycles. The van der Waals surface area contributed by atoms with E-state index in [1.54, 1.807) is 0 Å². The average Bonchev–Trinajstić information content (AvgIpc) is 2.07. The zero-order valence-electron chi connectivity index (χ0n) is 8.23. The van der Waals surface area contributed by atoms with Gasteiger partial charge < -0.3 is 10.1 Å². The number of alkyl halides is 4. The van der Waals surface area contributed by atoms with Crippen LogP contribution >= 0.6 is 15.9 Å². The van der Waals surface area contributed by atoms with Gasteiger partial charge in [0.2, 0.25) is 5.91 Å². The van der Waals surface area contributed by atoms with E-state index in [-0.39, 0.29) is 23.8 Å². The average molecular weight is 292 g/mol. The van der Waals surface area contributed by atoms with Gasteiger partial charge in [0.25, 0.3) is 0 Å². The number of ether oxygens (including phenoxy) is 1. The quantitative estimate of drug-likeness (QED) is 0.599. The third-order valence-corrected chi connectivity index (χ3v) is 1.64. The van der Waals surface area contributed by atoms with Crippen molar-refractivity contribution < 1.29 is 22.7 Å². The minimum atomic E-state index is -4.33. The van der Waals surface area contributed by atoms with Gasteiger partial charge in [-0.2, -0.15) is 13.2 Å². The van der Waals surface area contributed by atoms with Crippen molar-refractivity contribution in [1.29, 1.82) is 0 Å². The predicted octanol–water partition coefficient (Wildman–Crippen LogP) is 1.85. The molecule has 0 rings (SSSR count). The molecule has 0 aromatic carbocycles. The summed E-state index contributed by atoms with van der Waals surface area (Å²) in [6, 6.07) is 0. The summed E-state index contributed by atoms with van der Waals surface area (Å²) < 4.78 is 39.1. The van der Waals surface area contributed by atoms with Gasteiger partial charge >= 0.3 is 6.18 Å². The Balaban J connectivity index is 3.40. The van der Waals surface area contributed by atoms with E-state index in [0.717, 1.165) is 0 Å². The van der Waals surface area contributed by atoms with Gasteiger partial charge in [-0.05, 0) is 0 Å². The van der Waals surface area contributed by atoms with Gasteiger partial charge in [0.15, 0.2) is 0 Å². The van der Waals surface area contributed by atoms with Gasteiger partial charge in [-0.1, -0.05) is 22.9 Å². The minimum absolute atomic E-state index is 0.0597. The molecule has 90 valence electrons. The van der Waals surface area contributed by atoms with E-state index < -0.39 is 12.8 Å². The van der Waals surface area contributed by atoms with Crippen LogP contribution in [0.1, 0.15) is 13.3 Å². The van der Waals surface area contributed by atoms with Crippen LogP contribution in [0.25, 0.3) is 0 Å². The number of carbonyl (C=O) groups is 1. The van der Waals surface area contributed by atoms with Crippen molar-refractivity contribution in [2.75, 3.05) is 19.8 Å². The molecule has 0 aliphatic rings. The second-order valence-corrected chi connectivity index (χ2v) is 4.57. The summed E-state index contributed by atoms with van der Waals surface area (Å²) >= 11 is 3.22. The van der Waals surface area contributed by atoms with Crippen molar-refractivity contribution in [3.63, 3.8) is 0 Å². The molecule has 0 aromatic rings. The molecule has 7 heteroatoms. The van der Waals surface area contributed by atoms with Crippen LogP contribution in [0.2, 0.25) is 0 Å². The largest absolute Gasteiger partial charge is 0.411 e. The van der Waals surface area contributed by atoms with E-state index in [0.29, 0.717) is 6.54 Å². The van der Waals surface area contributed by atoms with Crippen LogP contribution < -0.4 is 5.32 Å². The number of nitrogens with one attached hydrogen (secondary N) is 1. The summed E-state index contributed by atoms with van der Waals surface area (Å²) in [6.45, 7) is 0.760. The lowest BCUT2D eigenvalue weighted by atomic mass is 10.4. The highest BCUT2D eigenvalue weighted by Crippen LogP contribution is 2.14. The zero-order chi connectivity index (χ0) is 11.9. The van der Waals surface area contributed by atoms with Crippen LogP contribution in [0.3, 0.4) is 0 Å². The summed E-state index contributed by atoms with van der Waals surface area (Å²) in [7, 11) is 0. The van der Waals surface area contributed by atoms with Crippen molar-refractivity contribution >= 4 is 21.8 Å². The summed E-state index contributed by atoms with van der Waals surface area (Å²) in [5.41, 5.74) is 0. The number of hydrogen-bond acceptors (Lipinski definition) is 2. The first kappa shape index (κ1) is 14.7. The van der Waals surface area contributed by atoms with Crippen LogP contribution in [0.15, 0.2) is 0 Å². The summed E-state index contributed by atoms with van der Waals surface area (Å²) in [4.78, 5) is 11.1. The molecule has 0 aliphatic carbocycles. The molecule has 0 radical (unpaired) electrons. The fourth-order valence-corrected chi connectivity index (χ4v) is 0.857. The van der Waals surface area contributed by atoms with Gasteiger partial charge in [-0.25, -0.2) is 0 Å². The maximum Gasteiger partial charge on any atom is 0.411 e. The molecule has 0 heterocycles. The fourth-order valence-electron chi connectivity index (χ4n) is 0.696. The van der Waals surface area contributed by atoms with Gasteiger partial charge in [-0.15, -0.1) is 0 Å². The minimum Gasteiger partial charge on any atom is -0.372 e. The van der Waals surface area contributed by atoms with E-state index in [4.69, 9.17) is 0 Å². The molecule has 1 atom stereocenters. The van der Waals surface area contributed by atoms with Gasteiger partial charge in [0, 0.05) is 17.8 Å². The lowest BCUT2D eigenvalue weighted by Gasteiger charge is -2.08. The Morgan fingerprint density at radius 2 is 2.13 bits per heavy atom. The Bertz CT molecular complexity index is 197. The van der Waals surface area contributed by atoms with Gasteiger partial charge in [0.05, 0.1) is 6.61 Å². The van der Waals surface area contributed by atoms with Crippen molar-refractivity contribution in [2.45, 2.75) is 24.3 Å². The molecule has 15 heavy (non-hydrogen) atoms. The van der Waals surface area contributed by atoms with Crippen molar-refractivity contribution in [3.05, 3.63) is 0 Å². The Morgan fingerprint density at radius 1 is 1.53 bits per heavy atom. The first-order chi connectivity index (χ1) is 6.81. The molecular weight excluding hydrogens is 279 g/mol. The molecule has 1 amide bonds. The summed E-state index contributed by atoms with van der Waals surface area (Å²) in [5, 5.41) is 2.53. The van der Waals surface area contributed by atoms with E-state index in [1.807, 2.05) is 6.92 Å². The lowest BCUT2D eigenvalue weighted by Crippen LogP contribution is -2.29. The smallest absolute Gasteiger partial charge is 0.372 e. The normalized spacial score (nSPS) is 13.7. The first-order valence-corrected chi connectivity index (χ1v) is 5.28. The van der Waals surface area contributed by atoms with Crippen molar-refractivity contribution in [3.8, 4) is 0 Å². The number of rotatable bonds is 6. The highest BCUT2D eigenvalue weighted by atomic mass is 79.9. The molecule has 3 nitrogen and oxygen atoms in total. The van der Waals surface area contributed by atoms with E-state index in [1.165, 1.54) is 0 Å². The van der Waals surface area contributed by atoms with Crippen LogP contribution in [-0.4, -0.2) is 36.7 Å². The number of amides is 1. The van der Waals surface area contributed by atoms with Gasteiger partial charge in [-0.3, -0.25) is 4.79 Å².